The SMILES string of the molecule is CNC1CCC(C(=O)NCc2cc(-c3ccc(NCS(C)(=O)=O)cc3)ccc2OC)CC1. The van der Waals surface area contributed by atoms with E-state index in [2.05, 4.69) is 16.0 Å². The van der Waals surface area contributed by atoms with Gasteiger partial charge in [-0.25, -0.2) is 8.42 Å². The van der Waals surface area contributed by atoms with E-state index in [-0.39, 0.29) is 17.7 Å². The molecule has 0 bridgehead atoms. The maximum Gasteiger partial charge on any atom is 0.223 e. The van der Waals surface area contributed by atoms with Crippen molar-refractivity contribution < 1.29 is 17.9 Å². The summed E-state index contributed by atoms with van der Waals surface area (Å²) >= 11 is 0. The second-order valence-electron chi connectivity index (χ2n) is 8.41. The Morgan fingerprint density at radius 1 is 1.03 bits per heavy atom. The van der Waals surface area contributed by atoms with E-state index in [0.29, 0.717) is 12.6 Å². The molecule has 1 aliphatic rings. The zero-order chi connectivity index (χ0) is 23.1. The van der Waals surface area contributed by atoms with E-state index in [0.717, 1.165) is 53.8 Å². The van der Waals surface area contributed by atoms with Crippen molar-refractivity contribution in [2.75, 3.05) is 31.6 Å². The first-order valence-corrected chi connectivity index (χ1v) is 13.0. The number of nitrogens with one attached hydrogen (secondary N) is 3. The number of rotatable bonds is 9. The van der Waals surface area contributed by atoms with Gasteiger partial charge in [-0.2, -0.15) is 0 Å². The summed E-state index contributed by atoms with van der Waals surface area (Å²) in [6.07, 6.45) is 5.08. The fourth-order valence-electron chi connectivity index (χ4n) is 4.06. The minimum Gasteiger partial charge on any atom is -0.496 e. The van der Waals surface area contributed by atoms with Crippen LogP contribution in [-0.2, 0) is 21.2 Å². The van der Waals surface area contributed by atoms with Gasteiger partial charge in [0.25, 0.3) is 0 Å². The Morgan fingerprint density at radius 3 is 2.28 bits per heavy atom. The van der Waals surface area contributed by atoms with Crippen molar-refractivity contribution in [3.8, 4) is 16.9 Å². The molecule has 1 fully saturated rings. The average Bonchev–Trinajstić information content (AvgIpc) is 2.81. The third kappa shape index (κ3) is 6.71. The van der Waals surface area contributed by atoms with Gasteiger partial charge in [-0.15, -0.1) is 0 Å². The van der Waals surface area contributed by atoms with E-state index >= 15 is 0 Å². The molecule has 3 rings (SSSR count). The highest BCUT2D eigenvalue weighted by molar-refractivity contribution is 7.90. The molecule has 2 aromatic carbocycles. The zero-order valence-corrected chi connectivity index (χ0v) is 19.8. The van der Waals surface area contributed by atoms with E-state index in [1.165, 1.54) is 6.26 Å². The van der Waals surface area contributed by atoms with Gasteiger partial charge in [0.05, 0.1) is 7.11 Å². The zero-order valence-electron chi connectivity index (χ0n) is 19.0. The highest BCUT2D eigenvalue weighted by atomic mass is 32.2. The number of benzene rings is 2. The Kier molecular flexibility index (Phi) is 8.15. The summed E-state index contributed by atoms with van der Waals surface area (Å²) in [5, 5.41) is 9.29. The molecule has 0 saturated heterocycles. The predicted octanol–water partition coefficient (Wildman–Crippen LogP) is 3.17. The van der Waals surface area contributed by atoms with Crippen molar-refractivity contribution in [3.05, 3.63) is 48.0 Å². The lowest BCUT2D eigenvalue weighted by Crippen LogP contribution is -2.37. The third-order valence-electron chi connectivity index (χ3n) is 6.00. The molecule has 7 nitrogen and oxygen atoms in total. The molecule has 174 valence electrons. The Labute approximate surface area is 190 Å². The minimum absolute atomic E-state index is 0.0701. The molecule has 0 atom stereocenters. The first-order valence-electron chi connectivity index (χ1n) is 10.9. The smallest absolute Gasteiger partial charge is 0.223 e. The Balaban J connectivity index is 1.65. The molecular weight excluding hydrogens is 426 g/mol. The lowest BCUT2D eigenvalue weighted by Gasteiger charge is -2.27. The fraction of sp³-hybridized carbons (Fsp3) is 0.458. The van der Waals surface area contributed by atoms with Gasteiger partial charge < -0.3 is 20.7 Å². The standard InChI is InChI=1S/C24H33N3O4S/c1-25-21-9-6-18(7-10-21)24(28)26-15-20-14-19(8-13-23(20)31-2)17-4-11-22(12-5-17)27-16-32(3,29)30/h4-5,8,11-14,18,21,25,27H,6-7,9-10,15-16H2,1-3H3,(H,26,28). The van der Waals surface area contributed by atoms with Gasteiger partial charge >= 0.3 is 0 Å². The number of hydrogen-bond acceptors (Lipinski definition) is 6. The molecular formula is C24H33N3O4S. The van der Waals surface area contributed by atoms with Gasteiger partial charge in [0, 0.05) is 36.0 Å². The molecule has 2 aromatic rings. The third-order valence-corrected chi connectivity index (χ3v) is 6.67. The number of amides is 1. The Bertz CT molecular complexity index is 1010. The molecule has 0 unspecified atom stereocenters. The lowest BCUT2D eigenvalue weighted by atomic mass is 9.85. The van der Waals surface area contributed by atoms with E-state index in [1.54, 1.807) is 7.11 Å². The van der Waals surface area contributed by atoms with E-state index in [4.69, 9.17) is 4.74 Å². The quantitative estimate of drug-likeness (QED) is 0.533. The van der Waals surface area contributed by atoms with Gasteiger partial charge in [-0.3, -0.25) is 4.79 Å². The maximum absolute atomic E-state index is 12.7. The van der Waals surface area contributed by atoms with E-state index in [1.807, 2.05) is 49.5 Å². The topological polar surface area (TPSA) is 96.5 Å². The number of hydrogen-bond donors (Lipinski definition) is 3. The second kappa shape index (κ2) is 10.8. The summed E-state index contributed by atoms with van der Waals surface area (Å²) < 4.78 is 28.1. The predicted molar refractivity (Wildman–Crippen MR) is 128 cm³/mol. The second-order valence-corrected chi connectivity index (χ2v) is 10.5. The monoisotopic (exact) mass is 459 g/mol. The number of sulfone groups is 1. The van der Waals surface area contributed by atoms with Crippen LogP contribution in [0.5, 0.6) is 5.75 Å². The molecule has 1 amide bonds. The van der Waals surface area contributed by atoms with Crippen LogP contribution >= 0.6 is 0 Å². The molecule has 8 heteroatoms. The molecule has 0 spiro atoms. The number of anilines is 1. The van der Waals surface area contributed by atoms with Crippen molar-refractivity contribution in [2.45, 2.75) is 38.3 Å². The van der Waals surface area contributed by atoms with Crippen LogP contribution in [0.15, 0.2) is 42.5 Å². The van der Waals surface area contributed by atoms with Crippen molar-refractivity contribution in [1.82, 2.24) is 10.6 Å². The van der Waals surface area contributed by atoms with Crippen LogP contribution in [0.3, 0.4) is 0 Å². The first-order chi connectivity index (χ1) is 15.3. The average molecular weight is 460 g/mol. The van der Waals surface area contributed by atoms with Crippen molar-refractivity contribution in [2.24, 2.45) is 5.92 Å². The van der Waals surface area contributed by atoms with Gasteiger partial charge in [0.1, 0.15) is 11.6 Å². The number of carbonyl (C=O) groups excluding carboxylic acids is 1. The largest absolute Gasteiger partial charge is 0.496 e. The normalized spacial score (nSPS) is 18.7. The summed E-state index contributed by atoms with van der Waals surface area (Å²) in [6, 6.07) is 14.0. The number of methoxy groups -OCH3 is 1. The Morgan fingerprint density at radius 2 is 1.69 bits per heavy atom. The van der Waals surface area contributed by atoms with Crippen molar-refractivity contribution >= 4 is 21.4 Å². The van der Waals surface area contributed by atoms with Crippen LogP contribution in [0, 0.1) is 5.92 Å². The van der Waals surface area contributed by atoms with Crippen LogP contribution in [-0.4, -0.2) is 46.7 Å². The van der Waals surface area contributed by atoms with Crippen molar-refractivity contribution in [1.29, 1.82) is 0 Å². The highest BCUT2D eigenvalue weighted by Crippen LogP contribution is 2.28. The van der Waals surface area contributed by atoms with Crippen LogP contribution < -0.4 is 20.7 Å². The molecule has 0 heterocycles. The maximum atomic E-state index is 12.7. The molecule has 1 aliphatic carbocycles. The summed E-state index contributed by atoms with van der Waals surface area (Å²) in [5.41, 5.74) is 3.66. The first kappa shape index (κ1) is 24.1. The molecule has 0 radical (unpaired) electrons. The van der Waals surface area contributed by atoms with Gasteiger partial charge in [0.2, 0.25) is 5.91 Å². The van der Waals surface area contributed by atoms with Crippen LogP contribution in [0.4, 0.5) is 5.69 Å². The fourth-order valence-corrected chi connectivity index (χ4v) is 4.49. The van der Waals surface area contributed by atoms with E-state index in [9.17, 15) is 13.2 Å². The van der Waals surface area contributed by atoms with Crippen LogP contribution in [0.2, 0.25) is 0 Å². The highest BCUT2D eigenvalue weighted by Gasteiger charge is 2.25. The molecule has 3 N–H and O–H groups in total. The summed E-state index contributed by atoms with van der Waals surface area (Å²) in [7, 11) is 0.516. The molecule has 0 aromatic heterocycles. The number of carbonyl (C=O) groups is 1. The lowest BCUT2D eigenvalue weighted by molar-refractivity contribution is -0.126. The Hall–Kier alpha value is -2.58. The summed E-state index contributed by atoms with van der Waals surface area (Å²) in [4.78, 5) is 12.7. The van der Waals surface area contributed by atoms with Crippen LogP contribution in [0.1, 0.15) is 31.2 Å². The van der Waals surface area contributed by atoms with Gasteiger partial charge in [-0.05, 0) is 68.1 Å². The summed E-state index contributed by atoms with van der Waals surface area (Å²) in [6.45, 7) is 0.413. The number of ether oxygens (including phenoxy) is 1. The molecule has 1 saturated carbocycles. The molecule has 0 aliphatic heterocycles. The van der Waals surface area contributed by atoms with Gasteiger partial charge in [-0.1, -0.05) is 18.2 Å². The summed E-state index contributed by atoms with van der Waals surface area (Å²) in [5.74, 6) is 0.809. The molecule has 32 heavy (non-hydrogen) atoms. The minimum atomic E-state index is -3.09. The van der Waals surface area contributed by atoms with Crippen molar-refractivity contribution in [3.63, 3.8) is 0 Å². The van der Waals surface area contributed by atoms with Gasteiger partial charge in [0.15, 0.2) is 9.84 Å². The van der Waals surface area contributed by atoms with E-state index < -0.39 is 9.84 Å². The van der Waals surface area contributed by atoms with Crippen LogP contribution in [0.25, 0.3) is 11.1 Å².